The highest BCUT2D eigenvalue weighted by atomic mass is 19.1. The molecule has 2 heterocycles. The van der Waals surface area contributed by atoms with Gasteiger partial charge in [0.15, 0.2) is 0 Å². The van der Waals surface area contributed by atoms with Crippen LogP contribution in [0.15, 0.2) is 79.1 Å². The monoisotopic (exact) mass is 472 g/mol. The second-order valence-electron chi connectivity index (χ2n) is 8.83. The molecule has 2 aromatic heterocycles. The predicted molar refractivity (Wildman–Crippen MR) is 135 cm³/mol. The van der Waals surface area contributed by atoms with Crippen molar-refractivity contribution in [3.63, 3.8) is 0 Å². The van der Waals surface area contributed by atoms with Crippen LogP contribution < -0.4 is 10.2 Å². The number of pyridine rings is 1. The highest BCUT2D eigenvalue weighted by Crippen LogP contribution is 2.26. The van der Waals surface area contributed by atoms with Gasteiger partial charge in [-0.2, -0.15) is 0 Å². The molecule has 0 unspecified atom stereocenters. The van der Waals surface area contributed by atoms with Gasteiger partial charge in [0, 0.05) is 31.0 Å². The molecule has 35 heavy (non-hydrogen) atoms. The normalized spacial score (nSPS) is 11.3. The van der Waals surface area contributed by atoms with Gasteiger partial charge in [-0.25, -0.2) is 14.1 Å². The SMILES string of the molecule is CCNc1ccc(CN(C(=O)C(C)(C)n2cc(Cc3ccccc3)nn2)c2ccc(F)cc2)cn1. The van der Waals surface area contributed by atoms with E-state index in [4.69, 9.17) is 0 Å². The summed E-state index contributed by atoms with van der Waals surface area (Å²) in [5.41, 5.74) is 2.29. The molecule has 0 aliphatic heterocycles. The van der Waals surface area contributed by atoms with Crippen LogP contribution in [-0.2, 0) is 23.3 Å². The largest absolute Gasteiger partial charge is 0.370 e. The Hall–Kier alpha value is -4.07. The van der Waals surface area contributed by atoms with E-state index in [2.05, 4.69) is 20.6 Å². The van der Waals surface area contributed by atoms with Crippen molar-refractivity contribution in [1.82, 2.24) is 20.0 Å². The molecule has 2 aromatic carbocycles. The van der Waals surface area contributed by atoms with E-state index in [1.165, 1.54) is 12.1 Å². The summed E-state index contributed by atoms with van der Waals surface area (Å²) in [6, 6.07) is 19.7. The van der Waals surface area contributed by atoms with Crippen LogP contribution in [0.2, 0.25) is 0 Å². The summed E-state index contributed by atoms with van der Waals surface area (Å²) in [6.07, 6.45) is 4.17. The first kappa shape index (κ1) is 24.1. The molecule has 0 aliphatic rings. The van der Waals surface area contributed by atoms with Gasteiger partial charge in [-0.3, -0.25) is 4.79 Å². The Kier molecular flexibility index (Phi) is 7.19. The van der Waals surface area contributed by atoms with Gasteiger partial charge in [0.05, 0.1) is 12.2 Å². The number of amides is 1. The first-order chi connectivity index (χ1) is 16.9. The maximum absolute atomic E-state index is 13.9. The van der Waals surface area contributed by atoms with E-state index < -0.39 is 5.54 Å². The molecule has 4 rings (SSSR count). The maximum Gasteiger partial charge on any atom is 0.254 e. The smallest absolute Gasteiger partial charge is 0.254 e. The van der Waals surface area contributed by atoms with E-state index in [9.17, 15) is 9.18 Å². The number of hydrogen-bond donors (Lipinski definition) is 1. The Morgan fingerprint density at radius 2 is 1.77 bits per heavy atom. The third-order valence-electron chi connectivity index (χ3n) is 5.77. The lowest BCUT2D eigenvalue weighted by atomic mass is 10.0. The Labute approximate surface area is 204 Å². The van der Waals surface area contributed by atoms with Crippen LogP contribution in [0, 0.1) is 5.82 Å². The van der Waals surface area contributed by atoms with Crippen LogP contribution in [0.5, 0.6) is 0 Å². The molecule has 180 valence electrons. The van der Waals surface area contributed by atoms with Gasteiger partial charge in [0.2, 0.25) is 0 Å². The van der Waals surface area contributed by atoms with E-state index in [1.807, 2.05) is 49.4 Å². The van der Waals surface area contributed by atoms with E-state index in [0.29, 0.717) is 12.1 Å². The highest BCUT2D eigenvalue weighted by Gasteiger charge is 2.36. The van der Waals surface area contributed by atoms with Crippen LogP contribution >= 0.6 is 0 Å². The number of nitrogens with one attached hydrogen (secondary N) is 1. The molecule has 8 heteroatoms. The second-order valence-corrected chi connectivity index (χ2v) is 8.83. The molecule has 0 radical (unpaired) electrons. The molecule has 1 N–H and O–H groups in total. The summed E-state index contributed by atoms with van der Waals surface area (Å²) in [7, 11) is 0. The first-order valence-corrected chi connectivity index (χ1v) is 11.6. The molecule has 1 amide bonds. The molecule has 0 bridgehead atoms. The van der Waals surface area contributed by atoms with Crippen LogP contribution in [0.3, 0.4) is 0 Å². The summed E-state index contributed by atoms with van der Waals surface area (Å²) in [5, 5.41) is 11.7. The zero-order valence-corrected chi connectivity index (χ0v) is 20.1. The number of nitrogens with zero attached hydrogens (tertiary/aromatic N) is 5. The molecule has 0 aliphatic carbocycles. The van der Waals surface area contributed by atoms with Crippen molar-refractivity contribution in [3.05, 3.63) is 102 Å². The number of rotatable bonds is 9. The van der Waals surface area contributed by atoms with E-state index in [1.54, 1.807) is 48.0 Å². The minimum Gasteiger partial charge on any atom is -0.370 e. The number of carbonyl (C=O) groups excluding carboxylic acids is 1. The van der Waals surface area contributed by atoms with Gasteiger partial charge >= 0.3 is 0 Å². The summed E-state index contributed by atoms with van der Waals surface area (Å²) in [6.45, 7) is 6.66. The Balaban J connectivity index is 1.60. The third-order valence-corrected chi connectivity index (χ3v) is 5.77. The third kappa shape index (κ3) is 5.71. The van der Waals surface area contributed by atoms with Crippen molar-refractivity contribution < 1.29 is 9.18 Å². The maximum atomic E-state index is 13.9. The van der Waals surface area contributed by atoms with Crippen LogP contribution in [0.25, 0.3) is 0 Å². The van der Waals surface area contributed by atoms with Crippen molar-refractivity contribution in [2.24, 2.45) is 0 Å². The number of carbonyl (C=O) groups is 1. The minimum absolute atomic E-state index is 0.198. The minimum atomic E-state index is -1.03. The molecule has 0 fully saturated rings. The summed E-state index contributed by atoms with van der Waals surface area (Å²) in [5.74, 6) is 0.208. The predicted octanol–water partition coefficient (Wildman–Crippen LogP) is 4.80. The van der Waals surface area contributed by atoms with Crippen LogP contribution in [0.4, 0.5) is 15.9 Å². The van der Waals surface area contributed by atoms with Gasteiger partial charge < -0.3 is 10.2 Å². The average molecular weight is 473 g/mol. The second kappa shape index (κ2) is 10.5. The molecule has 4 aromatic rings. The number of hydrogen-bond acceptors (Lipinski definition) is 5. The zero-order valence-electron chi connectivity index (χ0n) is 20.1. The van der Waals surface area contributed by atoms with Gasteiger partial charge in [0.25, 0.3) is 5.91 Å². The van der Waals surface area contributed by atoms with Crippen molar-refractivity contribution in [3.8, 4) is 0 Å². The molecule has 0 spiro atoms. The number of halogens is 1. The van der Waals surface area contributed by atoms with Crippen molar-refractivity contribution in [2.75, 3.05) is 16.8 Å². The fraction of sp³-hybridized carbons (Fsp3) is 0.259. The summed E-state index contributed by atoms with van der Waals surface area (Å²) >= 11 is 0. The molecule has 0 saturated heterocycles. The van der Waals surface area contributed by atoms with Gasteiger partial charge in [0.1, 0.15) is 17.2 Å². The quantitative estimate of drug-likeness (QED) is 0.379. The van der Waals surface area contributed by atoms with E-state index in [0.717, 1.165) is 29.2 Å². The molecular formula is C27H29FN6O. The lowest BCUT2D eigenvalue weighted by Gasteiger charge is -2.32. The lowest BCUT2D eigenvalue weighted by Crippen LogP contribution is -2.47. The van der Waals surface area contributed by atoms with Gasteiger partial charge in [-0.1, -0.05) is 41.6 Å². The fourth-order valence-electron chi connectivity index (χ4n) is 3.77. The Morgan fingerprint density at radius 1 is 1.03 bits per heavy atom. The highest BCUT2D eigenvalue weighted by molar-refractivity contribution is 5.98. The van der Waals surface area contributed by atoms with E-state index >= 15 is 0 Å². The topological polar surface area (TPSA) is 75.9 Å². The zero-order chi connectivity index (χ0) is 24.8. The van der Waals surface area contributed by atoms with Crippen molar-refractivity contribution in [2.45, 2.75) is 39.3 Å². The van der Waals surface area contributed by atoms with E-state index in [-0.39, 0.29) is 18.3 Å². The number of aromatic nitrogens is 4. The van der Waals surface area contributed by atoms with Gasteiger partial charge in [-0.15, -0.1) is 5.10 Å². The number of benzene rings is 2. The number of anilines is 2. The van der Waals surface area contributed by atoms with Crippen LogP contribution in [0.1, 0.15) is 37.6 Å². The van der Waals surface area contributed by atoms with Crippen molar-refractivity contribution >= 4 is 17.4 Å². The standard InChI is InChI=1S/C27H29FN6O/c1-4-29-25-15-10-21(17-30-25)18-33(24-13-11-22(28)12-14-24)26(35)27(2,3)34-19-23(31-32-34)16-20-8-6-5-7-9-20/h5-15,17,19H,4,16,18H2,1-3H3,(H,29,30). The average Bonchev–Trinajstić information content (AvgIpc) is 3.34. The lowest BCUT2D eigenvalue weighted by molar-refractivity contribution is -0.126. The molecule has 0 saturated carbocycles. The Morgan fingerprint density at radius 3 is 2.43 bits per heavy atom. The van der Waals surface area contributed by atoms with Crippen LogP contribution in [-0.4, -0.2) is 32.4 Å². The first-order valence-electron chi connectivity index (χ1n) is 11.6. The van der Waals surface area contributed by atoms with Gasteiger partial charge in [-0.05, 0) is 62.2 Å². The molecule has 7 nitrogen and oxygen atoms in total. The summed E-state index contributed by atoms with van der Waals surface area (Å²) < 4.78 is 15.2. The molecular weight excluding hydrogens is 443 g/mol. The summed E-state index contributed by atoms with van der Waals surface area (Å²) in [4.78, 5) is 19.9. The van der Waals surface area contributed by atoms with Crippen molar-refractivity contribution in [1.29, 1.82) is 0 Å². The Bertz CT molecular complexity index is 1250. The fourth-order valence-corrected chi connectivity index (χ4v) is 3.77. The molecule has 0 atom stereocenters.